The van der Waals surface area contributed by atoms with Crippen molar-refractivity contribution in [3.05, 3.63) is 41.2 Å². The maximum Gasteiger partial charge on any atom is 0.374 e. The number of benzene rings is 1. The van der Waals surface area contributed by atoms with Gasteiger partial charge in [0.25, 0.3) is 0 Å². The van der Waals surface area contributed by atoms with Gasteiger partial charge in [0.1, 0.15) is 5.69 Å². The zero-order valence-corrected chi connectivity index (χ0v) is 9.02. The maximum absolute atomic E-state index is 10.6. The Balaban J connectivity index is 2.46. The van der Waals surface area contributed by atoms with Gasteiger partial charge in [-0.1, -0.05) is 22.3 Å². The topological polar surface area (TPSA) is 63.3 Å². The Hall–Kier alpha value is -2.10. The Bertz CT molecular complexity index is 523. The Kier molecular flexibility index (Phi) is 2.48. The Morgan fingerprint density at radius 3 is 2.31 bits per heavy atom. The van der Waals surface area contributed by atoms with Gasteiger partial charge in [-0.25, -0.2) is 4.79 Å². The first-order valence-corrected chi connectivity index (χ1v) is 4.85. The molecule has 2 aromatic rings. The zero-order valence-electron chi connectivity index (χ0n) is 9.02. The molecule has 4 nitrogen and oxygen atoms in total. The lowest BCUT2D eigenvalue weighted by Crippen LogP contribution is -1.91. The molecule has 16 heavy (non-hydrogen) atoms. The summed E-state index contributed by atoms with van der Waals surface area (Å²) in [6.07, 6.45) is 0. The van der Waals surface area contributed by atoms with Gasteiger partial charge in [0.05, 0.1) is 0 Å². The molecular formula is C12H11NO3. The average Bonchev–Trinajstić information content (AvgIpc) is 2.64. The van der Waals surface area contributed by atoms with Crippen LogP contribution >= 0.6 is 0 Å². The van der Waals surface area contributed by atoms with Gasteiger partial charge >= 0.3 is 5.97 Å². The maximum atomic E-state index is 10.6. The van der Waals surface area contributed by atoms with Crippen LogP contribution in [0.15, 0.2) is 28.8 Å². The van der Waals surface area contributed by atoms with Gasteiger partial charge in [0, 0.05) is 11.6 Å². The van der Waals surface area contributed by atoms with Crippen molar-refractivity contribution in [2.24, 2.45) is 0 Å². The fraction of sp³-hybridized carbons (Fsp3) is 0.167. The van der Waals surface area contributed by atoms with Crippen LogP contribution in [0.1, 0.15) is 21.7 Å². The van der Waals surface area contributed by atoms with E-state index in [-0.39, 0.29) is 5.76 Å². The molecule has 0 spiro atoms. The first-order valence-electron chi connectivity index (χ1n) is 4.85. The number of hydrogen-bond acceptors (Lipinski definition) is 3. The number of carbonyl (C=O) groups is 1. The molecule has 0 radical (unpaired) electrons. The number of carboxylic acids is 1. The Morgan fingerprint density at radius 1 is 1.19 bits per heavy atom. The van der Waals surface area contributed by atoms with Crippen LogP contribution in [0.3, 0.4) is 0 Å². The van der Waals surface area contributed by atoms with Crippen molar-refractivity contribution >= 4 is 5.97 Å². The van der Waals surface area contributed by atoms with Gasteiger partial charge < -0.3 is 9.63 Å². The van der Waals surface area contributed by atoms with Crippen LogP contribution in [0.5, 0.6) is 0 Å². The van der Waals surface area contributed by atoms with Crippen LogP contribution in [-0.2, 0) is 0 Å². The molecule has 1 N–H and O–H groups in total. The fourth-order valence-electron chi connectivity index (χ4n) is 1.63. The molecule has 2 rings (SSSR count). The third-order valence-corrected chi connectivity index (χ3v) is 2.24. The fourth-order valence-corrected chi connectivity index (χ4v) is 1.63. The molecule has 0 fully saturated rings. The normalized spacial score (nSPS) is 10.4. The summed E-state index contributed by atoms with van der Waals surface area (Å²) < 4.78 is 4.71. The second kappa shape index (κ2) is 3.81. The van der Waals surface area contributed by atoms with E-state index >= 15 is 0 Å². The molecule has 0 aliphatic heterocycles. The predicted octanol–water partition coefficient (Wildman–Crippen LogP) is 2.66. The van der Waals surface area contributed by atoms with E-state index in [1.807, 2.05) is 32.0 Å². The third kappa shape index (κ3) is 1.95. The highest BCUT2D eigenvalue weighted by atomic mass is 16.5. The van der Waals surface area contributed by atoms with Gasteiger partial charge in [0.15, 0.2) is 0 Å². The van der Waals surface area contributed by atoms with E-state index in [1.54, 1.807) is 0 Å². The average molecular weight is 217 g/mol. The minimum Gasteiger partial charge on any atom is -0.475 e. The van der Waals surface area contributed by atoms with Crippen molar-refractivity contribution < 1.29 is 14.4 Å². The van der Waals surface area contributed by atoms with E-state index in [2.05, 4.69) is 5.16 Å². The molecular weight excluding hydrogens is 206 g/mol. The highest BCUT2D eigenvalue weighted by Crippen LogP contribution is 2.21. The Labute approximate surface area is 92.5 Å². The summed E-state index contributed by atoms with van der Waals surface area (Å²) >= 11 is 0. The van der Waals surface area contributed by atoms with E-state index in [4.69, 9.17) is 9.63 Å². The molecule has 1 aromatic heterocycles. The summed E-state index contributed by atoms with van der Waals surface area (Å²) in [7, 11) is 0. The molecule has 0 amide bonds. The summed E-state index contributed by atoms with van der Waals surface area (Å²) in [6, 6.07) is 7.35. The zero-order chi connectivity index (χ0) is 11.7. The molecule has 4 heteroatoms. The quantitative estimate of drug-likeness (QED) is 0.839. The van der Waals surface area contributed by atoms with E-state index in [0.717, 1.165) is 16.7 Å². The molecule has 1 heterocycles. The Morgan fingerprint density at radius 2 is 1.81 bits per heavy atom. The molecule has 0 unspecified atom stereocenters. The first kappa shape index (κ1) is 10.4. The number of rotatable bonds is 2. The van der Waals surface area contributed by atoms with Crippen molar-refractivity contribution in [3.63, 3.8) is 0 Å². The molecule has 82 valence electrons. The molecule has 0 saturated heterocycles. The summed E-state index contributed by atoms with van der Waals surface area (Å²) in [4.78, 5) is 10.6. The van der Waals surface area contributed by atoms with E-state index < -0.39 is 5.97 Å². The van der Waals surface area contributed by atoms with Crippen LogP contribution in [0.25, 0.3) is 11.3 Å². The van der Waals surface area contributed by atoms with Gasteiger partial charge in [-0.05, 0) is 26.0 Å². The summed E-state index contributed by atoms with van der Waals surface area (Å²) in [5.74, 6) is -1.25. The van der Waals surface area contributed by atoms with Gasteiger partial charge in [-0.3, -0.25) is 0 Å². The summed E-state index contributed by atoms with van der Waals surface area (Å²) in [5, 5.41) is 12.5. The van der Waals surface area contributed by atoms with E-state index in [1.165, 1.54) is 6.07 Å². The highest BCUT2D eigenvalue weighted by molar-refractivity contribution is 5.85. The monoisotopic (exact) mass is 217 g/mol. The summed E-state index contributed by atoms with van der Waals surface area (Å²) in [5.41, 5.74) is 3.63. The number of carboxylic acid groups (broad SMARTS) is 1. The molecule has 0 atom stereocenters. The minimum absolute atomic E-state index is 0.144. The lowest BCUT2D eigenvalue weighted by atomic mass is 10.1. The second-order valence-electron chi connectivity index (χ2n) is 3.76. The molecule has 0 aliphatic carbocycles. The number of hydrogen-bond donors (Lipinski definition) is 1. The molecule has 0 aliphatic rings. The predicted molar refractivity (Wildman–Crippen MR) is 58.4 cm³/mol. The van der Waals surface area contributed by atoms with Crippen LogP contribution in [0.2, 0.25) is 0 Å². The number of nitrogens with zero attached hydrogens (tertiary/aromatic N) is 1. The van der Waals surface area contributed by atoms with Crippen LogP contribution in [-0.4, -0.2) is 16.2 Å². The number of aromatic carboxylic acids is 1. The van der Waals surface area contributed by atoms with Crippen molar-refractivity contribution in [3.8, 4) is 11.3 Å². The van der Waals surface area contributed by atoms with Gasteiger partial charge in [0.2, 0.25) is 5.76 Å². The minimum atomic E-state index is -1.11. The number of aromatic nitrogens is 1. The van der Waals surface area contributed by atoms with Crippen molar-refractivity contribution in [2.45, 2.75) is 13.8 Å². The second-order valence-corrected chi connectivity index (χ2v) is 3.76. The standard InChI is InChI=1S/C12H11NO3/c1-7-3-8(2)5-9(4-7)10-6-11(12(14)15)16-13-10/h3-6H,1-2H3,(H,14,15). The van der Waals surface area contributed by atoms with Gasteiger partial charge in [-0.2, -0.15) is 0 Å². The van der Waals surface area contributed by atoms with Crippen LogP contribution in [0.4, 0.5) is 0 Å². The van der Waals surface area contributed by atoms with Gasteiger partial charge in [-0.15, -0.1) is 0 Å². The number of aryl methyl sites for hydroxylation is 2. The lowest BCUT2D eigenvalue weighted by Gasteiger charge is -2.00. The third-order valence-electron chi connectivity index (χ3n) is 2.24. The van der Waals surface area contributed by atoms with E-state index in [9.17, 15) is 4.79 Å². The first-order chi connectivity index (χ1) is 7.56. The SMILES string of the molecule is Cc1cc(C)cc(-c2cc(C(=O)O)on2)c1. The van der Waals surface area contributed by atoms with Crippen LogP contribution < -0.4 is 0 Å². The summed E-state index contributed by atoms with van der Waals surface area (Å²) in [6.45, 7) is 3.96. The van der Waals surface area contributed by atoms with E-state index in [0.29, 0.717) is 5.69 Å². The van der Waals surface area contributed by atoms with Crippen molar-refractivity contribution in [1.29, 1.82) is 0 Å². The molecule has 1 aromatic carbocycles. The molecule has 0 bridgehead atoms. The largest absolute Gasteiger partial charge is 0.475 e. The lowest BCUT2D eigenvalue weighted by molar-refractivity contribution is 0.0652. The highest BCUT2D eigenvalue weighted by Gasteiger charge is 2.12. The van der Waals surface area contributed by atoms with Crippen molar-refractivity contribution in [2.75, 3.05) is 0 Å². The van der Waals surface area contributed by atoms with Crippen LogP contribution in [0, 0.1) is 13.8 Å². The molecule has 0 saturated carbocycles. The van der Waals surface area contributed by atoms with Crippen molar-refractivity contribution in [1.82, 2.24) is 5.16 Å². The smallest absolute Gasteiger partial charge is 0.374 e.